The second kappa shape index (κ2) is 7.68. The zero-order chi connectivity index (χ0) is 26.7. The van der Waals surface area contributed by atoms with Crippen LogP contribution in [0.5, 0.6) is 11.5 Å². The Morgan fingerprint density at radius 1 is 0.610 bits per heavy atom. The van der Waals surface area contributed by atoms with Crippen LogP contribution in [-0.2, 0) is 0 Å². The van der Waals surface area contributed by atoms with Crippen molar-refractivity contribution in [2.75, 3.05) is 0 Å². The van der Waals surface area contributed by atoms with E-state index in [9.17, 15) is 0 Å². The smallest absolute Gasteiger partial charge is 0.235 e. The van der Waals surface area contributed by atoms with E-state index in [0.717, 1.165) is 38.8 Å². The Hall–Kier alpha value is -5.26. The lowest BCUT2D eigenvalue weighted by molar-refractivity contribution is 0.481. The number of fused-ring (bicyclic) bond motifs is 12. The summed E-state index contributed by atoms with van der Waals surface area (Å²) in [7, 11) is 0. The van der Waals surface area contributed by atoms with Crippen molar-refractivity contribution in [2.24, 2.45) is 0 Å². The molecule has 0 spiro atoms. The first kappa shape index (κ1) is 21.5. The van der Waals surface area contributed by atoms with Crippen molar-refractivity contribution in [1.82, 2.24) is 14.5 Å². The third kappa shape index (κ3) is 2.73. The second-order valence-corrected chi connectivity index (χ2v) is 11.6. The van der Waals surface area contributed by atoms with Crippen LogP contribution < -0.4 is 4.74 Å². The number of benzene rings is 6. The predicted octanol–water partition coefficient (Wildman–Crippen LogP) is 10.0. The number of ether oxygens (including phenoxy) is 1. The van der Waals surface area contributed by atoms with Gasteiger partial charge < -0.3 is 4.74 Å². The molecule has 1 aliphatic rings. The van der Waals surface area contributed by atoms with Crippen molar-refractivity contribution in [3.8, 4) is 28.7 Å². The Kier molecular flexibility index (Phi) is 4.04. The van der Waals surface area contributed by atoms with E-state index in [0.29, 0.717) is 11.7 Å². The molecule has 0 saturated carbocycles. The van der Waals surface area contributed by atoms with E-state index in [-0.39, 0.29) is 0 Å². The first-order valence-electron chi connectivity index (χ1n) is 13.7. The molecule has 1 aliphatic heterocycles. The summed E-state index contributed by atoms with van der Waals surface area (Å²) in [5.74, 6) is 2.17. The monoisotopic (exact) mass is 541 g/mol. The Labute approximate surface area is 237 Å². The quantitative estimate of drug-likeness (QED) is 0.208. The van der Waals surface area contributed by atoms with E-state index in [1.165, 1.54) is 41.7 Å². The highest BCUT2D eigenvalue weighted by Gasteiger charge is 2.26. The molecule has 4 heterocycles. The average molecular weight is 542 g/mol. The van der Waals surface area contributed by atoms with Gasteiger partial charge in [-0.05, 0) is 34.4 Å². The van der Waals surface area contributed by atoms with Gasteiger partial charge in [0, 0.05) is 37.2 Å². The molecule has 0 N–H and O–H groups in total. The van der Waals surface area contributed by atoms with Gasteiger partial charge in [0.25, 0.3) is 0 Å². The molecule has 6 aromatic carbocycles. The van der Waals surface area contributed by atoms with E-state index < -0.39 is 0 Å². The van der Waals surface area contributed by atoms with Crippen LogP contribution in [0, 0.1) is 0 Å². The minimum absolute atomic E-state index is 0.643. The molecule has 4 nitrogen and oxygen atoms in total. The molecule has 190 valence electrons. The first-order chi connectivity index (χ1) is 20.3. The fourth-order valence-electron chi connectivity index (χ4n) is 6.78. The zero-order valence-corrected chi connectivity index (χ0v) is 22.4. The summed E-state index contributed by atoms with van der Waals surface area (Å²) in [6.07, 6.45) is 1.83. The highest BCUT2D eigenvalue weighted by atomic mass is 32.1. The minimum Gasteiger partial charge on any atom is -0.453 e. The maximum Gasteiger partial charge on any atom is 0.235 e. The number of nitrogens with zero attached hydrogens (tertiary/aromatic N) is 3. The fourth-order valence-corrected chi connectivity index (χ4v) is 8.04. The molecule has 0 aliphatic carbocycles. The standard InChI is InChI=1S/C36H19N3OS/c1-2-12-22-21(11-1)31-23-13-3-5-16-26(23)39(34(31)35-32(22)24-14-4-6-18-29(24)41-35)36-37-19-28-33(38-36)25-15-7-9-20-10-8-17-27(40-28)30(20)25/h1-19H. The normalized spacial score (nSPS) is 12.6. The third-order valence-electron chi connectivity index (χ3n) is 8.43. The summed E-state index contributed by atoms with van der Waals surface area (Å²) in [6.45, 7) is 0. The lowest BCUT2D eigenvalue weighted by Gasteiger charge is -2.20. The van der Waals surface area contributed by atoms with Gasteiger partial charge in [0.15, 0.2) is 5.75 Å². The van der Waals surface area contributed by atoms with Crippen LogP contribution in [0.3, 0.4) is 0 Å². The number of para-hydroxylation sites is 1. The van der Waals surface area contributed by atoms with Crippen molar-refractivity contribution < 1.29 is 4.74 Å². The molecule has 41 heavy (non-hydrogen) atoms. The lowest BCUT2D eigenvalue weighted by Crippen LogP contribution is -2.06. The van der Waals surface area contributed by atoms with Crippen LogP contribution in [0.15, 0.2) is 115 Å². The van der Waals surface area contributed by atoms with Gasteiger partial charge in [0.2, 0.25) is 5.95 Å². The maximum atomic E-state index is 6.33. The summed E-state index contributed by atoms with van der Waals surface area (Å²) in [5.41, 5.74) is 4.13. The Morgan fingerprint density at radius 3 is 2.22 bits per heavy atom. The van der Waals surface area contributed by atoms with Gasteiger partial charge in [-0.15, -0.1) is 11.3 Å². The van der Waals surface area contributed by atoms with Gasteiger partial charge in [-0.2, -0.15) is 0 Å². The van der Waals surface area contributed by atoms with E-state index in [2.05, 4.69) is 102 Å². The van der Waals surface area contributed by atoms with Crippen molar-refractivity contribution in [3.63, 3.8) is 0 Å². The third-order valence-corrected chi connectivity index (χ3v) is 9.61. The Balaban J connectivity index is 1.40. The van der Waals surface area contributed by atoms with E-state index in [4.69, 9.17) is 14.7 Å². The van der Waals surface area contributed by atoms with Gasteiger partial charge in [-0.3, -0.25) is 4.57 Å². The van der Waals surface area contributed by atoms with Gasteiger partial charge in [0.1, 0.15) is 11.4 Å². The number of aromatic nitrogens is 3. The topological polar surface area (TPSA) is 39.9 Å². The molecule has 0 unspecified atom stereocenters. The molecule has 3 aromatic heterocycles. The van der Waals surface area contributed by atoms with Crippen LogP contribution in [-0.4, -0.2) is 14.5 Å². The first-order valence-corrected chi connectivity index (χ1v) is 14.5. The summed E-state index contributed by atoms with van der Waals surface area (Å²) in [4.78, 5) is 10.2. The molecule has 0 amide bonds. The SMILES string of the molecule is c1cc2c3c(cccc3c1)-c1nc(-n3c4ccccc4c4c5ccccc5c5c6ccccc6sc5c43)ncc1O2. The molecule has 0 radical (unpaired) electrons. The number of thiophene rings is 1. The number of rotatable bonds is 1. The fraction of sp³-hybridized carbons (Fsp3) is 0. The van der Waals surface area contributed by atoms with E-state index in [1.54, 1.807) is 0 Å². The predicted molar refractivity (Wildman–Crippen MR) is 170 cm³/mol. The largest absolute Gasteiger partial charge is 0.453 e. The van der Waals surface area contributed by atoms with E-state index in [1.807, 2.05) is 29.7 Å². The molecule has 0 fully saturated rings. The minimum atomic E-state index is 0.643. The molecule has 0 saturated heterocycles. The molecular weight excluding hydrogens is 522 g/mol. The molecular formula is C36H19N3OS. The van der Waals surface area contributed by atoms with Crippen molar-refractivity contribution >= 4 is 74.9 Å². The van der Waals surface area contributed by atoms with Crippen LogP contribution in [0.4, 0.5) is 0 Å². The van der Waals surface area contributed by atoms with Gasteiger partial charge in [0.05, 0.1) is 21.9 Å². The lowest BCUT2D eigenvalue weighted by atomic mass is 9.99. The molecule has 5 heteroatoms. The Morgan fingerprint density at radius 2 is 1.34 bits per heavy atom. The van der Waals surface area contributed by atoms with Crippen molar-refractivity contribution in [1.29, 1.82) is 0 Å². The van der Waals surface area contributed by atoms with Crippen molar-refractivity contribution in [3.05, 3.63) is 115 Å². The van der Waals surface area contributed by atoms with E-state index >= 15 is 0 Å². The zero-order valence-electron chi connectivity index (χ0n) is 21.6. The maximum absolute atomic E-state index is 6.33. The van der Waals surface area contributed by atoms with Gasteiger partial charge >= 0.3 is 0 Å². The van der Waals surface area contributed by atoms with Crippen LogP contribution in [0.2, 0.25) is 0 Å². The summed E-state index contributed by atoms with van der Waals surface area (Å²) < 4.78 is 11.1. The summed E-state index contributed by atoms with van der Waals surface area (Å²) in [6, 6.07) is 38.6. The number of hydrogen-bond donors (Lipinski definition) is 0. The van der Waals surface area contributed by atoms with Gasteiger partial charge in [-0.1, -0.05) is 91.0 Å². The summed E-state index contributed by atoms with van der Waals surface area (Å²) >= 11 is 1.84. The highest BCUT2D eigenvalue weighted by molar-refractivity contribution is 7.27. The van der Waals surface area contributed by atoms with Gasteiger partial charge in [-0.25, -0.2) is 9.97 Å². The number of hydrogen-bond acceptors (Lipinski definition) is 4. The molecule has 0 bridgehead atoms. The molecule has 10 rings (SSSR count). The van der Waals surface area contributed by atoms with Crippen LogP contribution >= 0.6 is 11.3 Å². The molecule has 9 aromatic rings. The summed E-state index contributed by atoms with van der Waals surface area (Å²) in [5, 5.41) is 9.76. The molecule has 0 atom stereocenters. The Bertz CT molecular complexity index is 2570. The highest BCUT2D eigenvalue weighted by Crippen LogP contribution is 2.49. The second-order valence-electron chi connectivity index (χ2n) is 10.6. The average Bonchev–Trinajstić information content (AvgIpc) is 3.58. The van der Waals surface area contributed by atoms with Crippen LogP contribution in [0.1, 0.15) is 0 Å². The van der Waals surface area contributed by atoms with Crippen molar-refractivity contribution in [2.45, 2.75) is 0 Å². The van der Waals surface area contributed by atoms with Crippen LogP contribution in [0.25, 0.3) is 80.7 Å².